The number of piperidine rings is 1. The lowest BCUT2D eigenvalue weighted by Crippen LogP contribution is -2.36. The molecule has 1 fully saturated rings. The number of amides is 1. The van der Waals surface area contributed by atoms with E-state index in [1.165, 1.54) is 35.1 Å². The van der Waals surface area contributed by atoms with Crippen molar-refractivity contribution >= 4 is 5.91 Å². The molecule has 1 aliphatic heterocycles. The van der Waals surface area contributed by atoms with Gasteiger partial charge in [-0.1, -0.05) is 6.07 Å². The van der Waals surface area contributed by atoms with Gasteiger partial charge >= 0.3 is 0 Å². The highest BCUT2D eigenvalue weighted by molar-refractivity contribution is 5.82. The quantitative estimate of drug-likeness (QED) is 0.643. The largest absolute Gasteiger partial charge is 0.368 e. The van der Waals surface area contributed by atoms with Crippen molar-refractivity contribution in [1.82, 2.24) is 15.6 Å². The van der Waals surface area contributed by atoms with Crippen LogP contribution in [0, 0.1) is 26.7 Å². The fourth-order valence-electron chi connectivity index (χ4n) is 4.38. The van der Waals surface area contributed by atoms with Gasteiger partial charge in [-0.15, -0.1) is 0 Å². The lowest BCUT2D eigenvalue weighted by molar-refractivity contribution is -0.120. The van der Waals surface area contributed by atoms with E-state index in [-0.39, 0.29) is 5.91 Å². The molecule has 1 aromatic heterocycles. The number of pyridine rings is 1. The normalized spacial score (nSPS) is 16.0. The molecule has 5 heteroatoms. The average molecular weight is 395 g/mol. The van der Waals surface area contributed by atoms with E-state index in [0.717, 1.165) is 49.5 Å². The molecule has 1 amide bonds. The highest BCUT2D eigenvalue weighted by Gasteiger charge is 2.23. The molecule has 156 valence electrons. The van der Waals surface area contributed by atoms with Gasteiger partial charge in [-0.25, -0.2) is 0 Å². The van der Waals surface area contributed by atoms with Gasteiger partial charge in [-0.05, 0) is 118 Å². The van der Waals surface area contributed by atoms with E-state index in [4.69, 9.17) is 5.73 Å². The van der Waals surface area contributed by atoms with Crippen LogP contribution in [0.5, 0.6) is 0 Å². The molecule has 1 saturated heterocycles. The number of nitrogens with zero attached hydrogens (tertiary/aromatic N) is 1. The summed E-state index contributed by atoms with van der Waals surface area (Å²) < 4.78 is 0. The van der Waals surface area contributed by atoms with Crippen LogP contribution in [0.4, 0.5) is 0 Å². The topological polar surface area (TPSA) is 80.0 Å². The third-order valence-corrected chi connectivity index (χ3v) is 6.39. The first-order valence-electron chi connectivity index (χ1n) is 10.7. The lowest BCUT2D eigenvalue weighted by atomic mass is 9.87. The van der Waals surface area contributed by atoms with Crippen molar-refractivity contribution in [3.63, 3.8) is 0 Å². The summed E-state index contributed by atoms with van der Waals surface area (Å²) in [5.74, 6) is 0.414. The number of aromatic nitrogens is 1. The maximum absolute atomic E-state index is 12.3. The molecule has 0 radical (unpaired) electrons. The summed E-state index contributed by atoms with van der Waals surface area (Å²) in [6.07, 6.45) is 7.98. The zero-order valence-electron chi connectivity index (χ0n) is 17.9. The molecule has 2 heterocycles. The second-order valence-corrected chi connectivity index (χ2v) is 8.32. The van der Waals surface area contributed by atoms with E-state index in [1.807, 2.05) is 24.5 Å². The third-order valence-electron chi connectivity index (χ3n) is 6.39. The SMILES string of the molecule is Cc1cc(C(NCCC2CCNCC2)C(N)=O)c(C)c(Cc2ccncc2)c1C. The van der Waals surface area contributed by atoms with Gasteiger partial charge in [0, 0.05) is 12.4 Å². The molecule has 0 aliphatic carbocycles. The van der Waals surface area contributed by atoms with Gasteiger partial charge in [0.1, 0.15) is 6.04 Å². The highest BCUT2D eigenvalue weighted by atomic mass is 16.1. The molecule has 1 aliphatic rings. The molecule has 1 unspecified atom stereocenters. The van der Waals surface area contributed by atoms with Gasteiger partial charge < -0.3 is 16.4 Å². The summed E-state index contributed by atoms with van der Waals surface area (Å²) >= 11 is 0. The Morgan fingerprint density at radius 3 is 2.55 bits per heavy atom. The Kier molecular flexibility index (Phi) is 7.40. The van der Waals surface area contributed by atoms with Crippen LogP contribution in [0.1, 0.15) is 58.7 Å². The minimum absolute atomic E-state index is 0.309. The molecule has 29 heavy (non-hydrogen) atoms. The Hall–Kier alpha value is -2.24. The number of carbonyl (C=O) groups is 1. The van der Waals surface area contributed by atoms with Crippen molar-refractivity contribution in [1.29, 1.82) is 0 Å². The van der Waals surface area contributed by atoms with Crippen molar-refractivity contribution < 1.29 is 4.79 Å². The Morgan fingerprint density at radius 2 is 1.90 bits per heavy atom. The third kappa shape index (κ3) is 5.43. The van der Waals surface area contributed by atoms with Crippen LogP contribution >= 0.6 is 0 Å². The Bertz CT molecular complexity index is 829. The number of nitrogens with one attached hydrogen (secondary N) is 2. The Balaban J connectivity index is 1.81. The van der Waals surface area contributed by atoms with E-state index in [2.05, 4.69) is 42.5 Å². The standard InChI is InChI=1S/C24H34N4O/c1-16-14-22(18(3)21(17(16)2)15-20-6-11-27-12-7-20)23(24(25)29)28-13-8-19-4-9-26-10-5-19/h6-7,11-12,14,19,23,26,28H,4-5,8-10,13,15H2,1-3H3,(H2,25,29). The second-order valence-electron chi connectivity index (χ2n) is 8.32. The number of carbonyl (C=O) groups excluding carboxylic acids is 1. The maximum atomic E-state index is 12.3. The van der Waals surface area contributed by atoms with Gasteiger partial charge in [0.05, 0.1) is 0 Å². The highest BCUT2D eigenvalue weighted by Crippen LogP contribution is 2.29. The van der Waals surface area contributed by atoms with Gasteiger partial charge in [-0.3, -0.25) is 9.78 Å². The van der Waals surface area contributed by atoms with Crippen molar-refractivity contribution in [3.05, 3.63) is 64.0 Å². The first-order chi connectivity index (χ1) is 14.0. The summed E-state index contributed by atoms with van der Waals surface area (Å²) in [6, 6.07) is 5.77. The number of hydrogen-bond donors (Lipinski definition) is 3. The molecule has 4 N–H and O–H groups in total. The number of aryl methyl sites for hydroxylation is 1. The van der Waals surface area contributed by atoms with E-state index in [1.54, 1.807) is 0 Å². The zero-order chi connectivity index (χ0) is 20.8. The number of primary amides is 1. The Labute approximate surface area is 174 Å². The molecule has 0 spiro atoms. The molecular weight excluding hydrogens is 360 g/mol. The fraction of sp³-hybridized carbons (Fsp3) is 0.500. The van der Waals surface area contributed by atoms with Crippen molar-refractivity contribution in [2.45, 2.75) is 52.5 Å². The molecule has 2 aromatic rings. The van der Waals surface area contributed by atoms with Gasteiger partial charge in [0.2, 0.25) is 5.91 Å². The van der Waals surface area contributed by atoms with E-state index >= 15 is 0 Å². The van der Waals surface area contributed by atoms with E-state index in [9.17, 15) is 4.79 Å². The molecule has 0 bridgehead atoms. The van der Waals surface area contributed by atoms with Crippen LogP contribution in [0.3, 0.4) is 0 Å². The minimum atomic E-state index is -0.452. The lowest BCUT2D eigenvalue weighted by Gasteiger charge is -2.25. The van der Waals surface area contributed by atoms with E-state index in [0.29, 0.717) is 0 Å². The molecular formula is C24H34N4O. The van der Waals surface area contributed by atoms with Crippen LogP contribution in [0.2, 0.25) is 0 Å². The predicted molar refractivity (Wildman–Crippen MR) is 118 cm³/mol. The molecule has 3 rings (SSSR count). The monoisotopic (exact) mass is 394 g/mol. The van der Waals surface area contributed by atoms with E-state index < -0.39 is 6.04 Å². The van der Waals surface area contributed by atoms with Gasteiger partial charge in [-0.2, -0.15) is 0 Å². The Morgan fingerprint density at radius 1 is 1.21 bits per heavy atom. The summed E-state index contributed by atoms with van der Waals surface area (Å²) in [6.45, 7) is 9.39. The number of nitrogens with two attached hydrogens (primary N) is 1. The molecule has 1 aromatic carbocycles. The minimum Gasteiger partial charge on any atom is -0.368 e. The van der Waals surface area contributed by atoms with Gasteiger partial charge in [0.15, 0.2) is 0 Å². The molecule has 0 saturated carbocycles. The summed E-state index contributed by atoms with van der Waals surface area (Å²) in [5, 5.41) is 6.86. The van der Waals surface area contributed by atoms with Crippen LogP contribution < -0.4 is 16.4 Å². The second kappa shape index (κ2) is 9.99. The fourth-order valence-corrected chi connectivity index (χ4v) is 4.38. The first-order valence-corrected chi connectivity index (χ1v) is 10.7. The van der Waals surface area contributed by atoms with Crippen LogP contribution in [-0.4, -0.2) is 30.5 Å². The van der Waals surface area contributed by atoms with Crippen molar-refractivity contribution in [2.24, 2.45) is 11.7 Å². The average Bonchev–Trinajstić information content (AvgIpc) is 2.73. The summed E-state index contributed by atoms with van der Waals surface area (Å²) in [7, 11) is 0. The van der Waals surface area contributed by atoms with Crippen molar-refractivity contribution in [3.8, 4) is 0 Å². The van der Waals surface area contributed by atoms with Crippen LogP contribution in [0.15, 0.2) is 30.6 Å². The smallest absolute Gasteiger partial charge is 0.239 e. The zero-order valence-corrected chi connectivity index (χ0v) is 17.9. The van der Waals surface area contributed by atoms with Crippen LogP contribution in [-0.2, 0) is 11.2 Å². The number of rotatable bonds is 8. The predicted octanol–water partition coefficient (Wildman–Crippen LogP) is 3.10. The maximum Gasteiger partial charge on any atom is 0.239 e. The number of benzene rings is 1. The molecule has 1 atom stereocenters. The van der Waals surface area contributed by atoms with Gasteiger partial charge in [0.25, 0.3) is 0 Å². The molecule has 5 nitrogen and oxygen atoms in total. The summed E-state index contributed by atoms with van der Waals surface area (Å²) in [4.78, 5) is 16.5. The first kappa shape index (κ1) is 21.5. The number of hydrogen-bond acceptors (Lipinski definition) is 4. The van der Waals surface area contributed by atoms with Crippen molar-refractivity contribution in [2.75, 3.05) is 19.6 Å². The van der Waals surface area contributed by atoms with Crippen LogP contribution in [0.25, 0.3) is 0 Å². The summed E-state index contributed by atoms with van der Waals surface area (Å²) in [5.41, 5.74) is 13.0.